The first-order valence-electron chi connectivity index (χ1n) is 18.2. The van der Waals surface area contributed by atoms with Crippen LogP contribution in [0, 0.1) is 0 Å². The van der Waals surface area contributed by atoms with E-state index in [-0.39, 0.29) is 43.3 Å². The van der Waals surface area contributed by atoms with E-state index in [4.69, 9.17) is 51.4 Å². The summed E-state index contributed by atoms with van der Waals surface area (Å²) in [6.45, 7) is 11.1. The molecule has 0 spiro atoms. The van der Waals surface area contributed by atoms with E-state index in [2.05, 4.69) is 56.9 Å². The number of amidine groups is 1. The monoisotopic (exact) mass is 826 g/mol. The van der Waals surface area contributed by atoms with E-state index in [1.54, 1.807) is 6.07 Å². The third kappa shape index (κ3) is 11.5. The van der Waals surface area contributed by atoms with Gasteiger partial charge in [0.15, 0.2) is 0 Å². The second-order valence-corrected chi connectivity index (χ2v) is 18.4. The van der Waals surface area contributed by atoms with Crippen molar-refractivity contribution in [3.63, 3.8) is 0 Å². The number of hydrazine groups is 1. The molecule has 0 radical (unpaired) electrons. The molecular weight excluding hydrogens is 778 g/mol. The van der Waals surface area contributed by atoms with Gasteiger partial charge in [0.2, 0.25) is 10.0 Å². The van der Waals surface area contributed by atoms with Crippen molar-refractivity contribution in [2.75, 3.05) is 11.6 Å². The molecular formula is C39H50Cl4N4O3S2. The van der Waals surface area contributed by atoms with Gasteiger partial charge in [0, 0.05) is 16.5 Å². The fourth-order valence-electron chi connectivity index (χ4n) is 5.96. The van der Waals surface area contributed by atoms with Gasteiger partial charge >= 0.3 is 0 Å². The Balaban J connectivity index is 1.54. The number of thioether (sulfide) groups is 1. The molecule has 4 rings (SSSR count). The number of nitrogens with zero attached hydrogens (tertiary/aromatic N) is 2. The van der Waals surface area contributed by atoms with Crippen LogP contribution in [0.3, 0.4) is 0 Å². The maximum atomic E-state index is 14.2. The molecule has 0 aliphatic carbocycles. The summed E-state index contributed by atoms with van der Waals surface area (Å²) in [5.41, 5.74) is 5.96. The fourth-order valence-corrected chi connectivity index (χ4v) is 9.58. The fraction of sp³-hybridized carbons (Fsp3) is 0.487. The second-order valence-electron chi connectivity index (χ2n) is 13.8. The van der Waals surface area contributed by atoms with E-state index in [1.807, 2.05) is 6.07 Å². The number of carbonyl (C=O) groups excluding carboxylic acids is 1. The lowest BCUT2D eigenvalue weighted by Gasteiger charge is -2.19. The van der Waals surface area contributed by atoms with Crippen molar-refractivity contribution in [2.24, 2.45) is 4.99 Å². The number of nitrogens with one attached hydrogen (secondary N) is 2. The largest absolute Gasteiger partial charge is 0.276 e. The lowest BCUT2D eigenvalue weighted by Crippen LogP contribution is -2.36. The number of carbonyl (C=O) groups is 1. The van der Waals surface area contributed by atoms with Crippen molar-refractivity contribution >= 4 is 91.3 Å². The van der Waals surface area contributed by atoms with Crippen molar-refractivity contribution in [3.8, 4) is 0 Å². The van der Waals surface area contributed by atoms with Gasteiger partial charge in [-0.15, -0.1) is 11.8 Å². The van der Waals surface area contributed by atoms with E-state index in [1.165, 1.54) is 91.5 Å². The Kier molecular flexibility index (Phi) is 16.5. The van der Waals surface area contributed by atoms with Crippen molar-refractivity contribution in [1.82, 2.24) is 10.1 Å². The number of sulfonamides is 1. The van der Waals surface area contributed by atoms with Crippen LogP contribution in [0.4, 0.5) is 11.4 Å². The smallest absolute Gasteiger partial charge is 0.267 e. The molecule has 1 saturated heterocycles. The first kappa shape index (κ1) is 42.8. The molecule has 1 atom stereocenters. The summed E-state index contributed by atoms with van der Waals surface area (Å²) >= 11 is 27.3. The Morgan fingerprint density at radius 3 is 2.00 bits per heavy atom. The van der Waals surface area contributed by atoms with Gasteiger partial charge < -0.3 is 0 Å². The molecule has 1 fully saturated rings. The topological polar surface area (TPSA) is 90.9 Å². The van der Waals surface area contributed by atoms with E-state index < -0.39 is 15.3 Å². The molecule has 3 aromatic carbocycles. The Hall–Kier alpha value is -1.98. The van der Waals surface area contributed by atoms with Crippen LogP contribution in [0.1, 0.15) is 122 Å². The number of aliphatic imine (C=N–C) groups is 1. The Morgan fingerprint density at radius 2 is 1.42 bits per heavy atom. The lowest BCUT2D eigenvalue weighted by molar-refractivity contribution is -0.116. The average Bonchev–Trinajstić information content (AvgIpc) is 3.37. The molecule has 0 saturated carbocycles. The number of anilines is 1. The normalized spacial score (nSPS) is 15.8. The van der Waals surface area contributed by atoms with Crippen LogP contribution in [-0.2, 0) is 14.8 Å². The van der Waals surface area contributed by atoms with Crippen LogP contribution in [0.25, 0.3) is 0 Å². The summed E-state index contributed by atoms with van der Waals surface area (Å²) in [7, 11) is -3.78. The first-order chi connectivity index (χ1) is 24.7. The molecule has 3 aromatic rings. The number of unbranched alkanes of at least 4 members (excludes halogenated alkanes) is 9. The molecule has 1 amide bonds. The average molecular weight is 829 g/mol. The van der Waals surface area contributed by atoms with Crippen LogP contribution in [0.5, 0.6) is 0 Å². The van der Waals surface area contributed by atoms with Gasteiger partial charge in [0.25, 0.3) is 5.91 Å². The van der Waals surface area contributed by atoms with Crippen LogP contribution in [0.15, 0.2) is 63.3 Å². The minimum atomic E-state index is -3.78. The second kappa shape index (κ2) is 20.1. The van der Waals surface area contributed by atoms with Crippen LogP contribution < -0.4 is 15.2 Å². The Morgan fingerprint density at radius 1 is 0.808 bits per heavy atom. The highest BCUT2D eigenvalue weighted by Crippen LogP contribution is 2.42. The zero-order valence-corrected chi connectivity index (χ0v) is 35.2. The summed E-state index contributed by atoms with van der Waals surface area (Å²) in [6.07, 6.45) is 11.7. The molecule has 2 N–H and O–H groups in total. The molecule has 1 aliphatic rings. The van der Waals surface area contributed by atoms with Gasteiger partial charge in [-0.1, -0.05) is 151 Å². The van der Waals surface area contributed by atoms with Gasteiger partial charge in [-0.05, 0) is 65.8 Å². The number of hydrogen-bond acceptors (Lipinski definition) is 5. The summed E-state index contributed by atoms with van der Waals surface area (Å²) in [4.78, 5) is 19.9. The molecule has 0 aromatic heterocycles. The molecule has 52 heavy (non-hydrogen) atoms. The van der Waals surface area contributed by atoms with E-state index in [0.717, 1.165) is 29.7 Å². The SMILES string of the molecule is CCCCCCCCCCCCNS(=O)(=O)c1ccc(N=C2NN(c3c(Cl)cc(Cl)cc3Cl)C(=O)C2Sc2ccc(C(C)C)cc2C(C)C)c(Cl)c1. The Labute approximate surface area is 334 Å². The van der Waals surface area contributed by atoms with Crippen LogP contribution in [-0.4, -0.2) is 32.0 Å². The standard InChI is InChI=1S/C39H50Cl4N4O3S2/c1-6-7-8-9-10-11-12-13-14-15-20-44-52(49,50)29-17-18-34(31(41)24-29)45-38-37(51-35-19-16-27(25(2)3)21-30(35)26(4)5)39(48)47(46-38)36-32(42)22-28(40)23-33(36)43/h16-19,21-26,37,44H,6-15,20H2,1-5H3,(H,45,46). The molecule has 1 aliphatic heterocycles. The third-order valence-corrected chi connectivity index (χ3v) is 12.8. The maximum Gasteiger partial charge on any atom is 0.267 e. The van der Waals surface area contributed by atoms with E-state index >= 15 is 0 Å². The van der Waals surface area contributed by atoms with Gasteiger partial charge in [-0.25, -0.2) is 23.1 Å². The molecule has 0 bridgehead atoms. The number of amides is 1. The van der Waals surface area contributed by atoms with E-state index in [0.29, 0.717) is 23.2 Å². The number of halogens is 4. The summed E-state index contributed by atoms with van der Waals surface area (Å²) < 4.78 is 29.0. The predicted molar refractivity (Wildman–Crippen MR) is 222 cm³/mol. The number of benzene rings is 3. The van der Waals surface area contributed by atoms with Gasteiger partial charge in [0.05, 0.1) is 25.7 Å². The highest BCUT2D eigenvalue weighted by atomic mass is 35.5. The van der Waals surface area contributed by atoms with Crippen molar-refractivity contribution in [2.45, 2.75) is 126 Å². The number of hydrogen-bond donors (Lipinski definition) is 2. The van der Waals surface area contributed by atoms with Gasteiger partial charge in [0.1, 0.15) is 16.8 Å². The third-order valence-electron chi connectivity index (χ3n) is 8.98. The minimum Gasteiger partial charge on any atom is -0.276 e. The maximum absolute atomic E-state index is 14.2. The molecule has 284 valence electrons. The zero-order valence-electron chi connectivity index (χ0n) is 30.6. The quantitative estimate of drug-likeness (QED) is 0.117. The molecule has 1 heterocycles. The van der Waals surface area contributed by atoms with Crippen molar-refractivity contribution in [3.05, 3.63) is 79.7 Å². The Bertz CT molecular complexity index is 1810. The summed E-state index contributed by atoms with van der Waals surface area (Å²) in [5, 5.41) is 1.27. The van der Waals surface area contributed by atoms with Crippen molar-refractivity contribution in [1.29, 1.82) is 0 Å². The van der Waals surface area contributed by atoms with Gasteiger partial charge in [-0.3, -0.25) is 10.2 Å². The summed E-state index contributed by atoms with van der Waals surface area (Å²) in [5.74, 6) is 0.488. The highest BCUT2D eigenvalue weighted by molar-refractivity contribution is 8.01. The van der Waals surface area contributed by atoms with Crippen molar-refractivity contribution < 1.29 is 13.2 Å². The zero-order chi connectivity index (χ0) is 38.0. The minimum absolute atomic E-state index is 0.0445. The molecule has 1 unspecified atom stereocenters. The van der Waals surface area contributed by atoms with Crippen LogP contribution in [0.2, 0.25) is 20.1 Å². The molecule has 7 nitrogen and oxygen atoms in total. The predicted octanol–water partition coefficient (Wildman–Crippen LogP) is 12.5. The highest BCUT2D eigenvalue weighted by Gasteiger charge is 2.41. The van der Waals surface area contributed by atoms with Crippen LogP contribution >= 0.6 is 58.2 Å². The number of rotatable bonds is 19. The molecule has 13 heteroatoms. The first-order valence-corrected chi connectivity index (χ1v) is 22.0. The van der Waals surface area contributed by atoms with E-state index in [9.17, 15) is 13.2 Å². The lowest BCUT2D eigenvalue weighted by atomic mass is 9.96. The van der Waals surface area contributed by atoms with Gasteiger partial charge in [-0.2, -0.15) is 0 Å². The summed E-state index contributed by atoms with van der Waals surface area (Å²) in [6, 6.07) is 13.7.